The number of aryl methyl sites for hydroxylation is 1. The molecule has 1 aromatic carbocycles. The summed E-state index contributed by atoms with van der Waals surface area (Å²) in [6, 6.07) is 13.9. The first-order valence-electron chi connectivity index (χ1n) is 9.91. The first kappa shape index (κ1) is 20.3. The molecular weight excluding hydrogens is 354 g/mol. The van der Waals surface area contributed by atoms with Crippen molar-refractivity contribution < 1.29 is 14.6 Å². The summed E-state index contributed by atoms with van der Waals surface area (Å²) in [4.78, 5) is 20.9. The fraction of sp³-hybridized carbons (Fsp3) is 0.455. The second-order valence-corrected chi connectivity index (χ2v) is 7.22. The van der Waals surface area contributed by atoms with Crippen LogP contribution in [-0.4, -0.2) is 65.7 Å². The van der Waals surface area contributed by atoms with Crippen LogP contribution in [0.5, 0.6) is 5.75 Å². The Labute approximate surface area is 166 Å². The fourth-order valence-corrected chi connectivity index (χ4v) is 3.53. The minimum absolute atomic E-state index is 0.00506. The number of rotatable bonds is 8. The Kier molecular flexibility index (Phi) is 7.39. The van der Waals surface area contributed by atoms with Crippen molar-refractivity contribution in [3.8, 4) is 5.75 Å². The molecule has 0 unspecified atom stereocenters. The number of piperazine rings is 1. The number of ether oxygens (including phenoxy) is 1. The molecule has 2 heterocycles. The van der Waals surface area contributed by atoms with Crippen molar-refractivity contribution in [2.45, 2.75) is 25.8 Å². The number of hydrogen-bond acceptors (Lipinski definition) is 6. The Morgan fingerprint density at radius 3 is 2.46 bits per heavy atom. The van der Waals surface area contributed by atoms with Gasteiger partial charge >= 0.3 is 5.97 Å². The molecule has 6 heteroatoms. The third-order valence-electron chi connectivity index (χ3n) is 5.18. The van der Waals surface area contributed by atoms with E-state index in [1.807, 2.05) is 0 Å². The van der Waals surface area contributed by atoms with Gasteiger partial charge in [0.25, 0.3) is 0 Å². The lowest BCUT2D eigenvalue weighted by atomic mass is 10.1. The Bertz CT molecular complexity index is 759. The highest BCUT2D eigenvalue weighted by Gasteiger charge is 2.17. The number of aromatic hydroxyl groups is 1. The molecule has 1 aromatic heterocycles. The predicted molar refractivity (Wildman–Crippen MR) is 108 cm³/mol. The van der Waals surface area contributed by atoms with E-state index >= 15 is 0 Å². The lowest BCUT2D eigenvalue weighted by Gasteiger charge is -2.34. The molecule has 0 atom stereocenters. The summed E-state index contributed by atoms with van der Waals surface area (Å²) in [5.41, 5.74) is 2.18. The molecule has 0 aliphatic carbocycles. The molecule has 6 nitrogen and oxygen atoms in total. The summed E-state index contributed by atoms with van der Waals surface area (Å²) in [6.45, 7) is 6.55. The molecule has 3 rings (SSSR count). The minimum atomic E-state index is -0.604. The number of nitrogens with zero attached hydrogens (tertiary/aromatic N) is 3. The van der Waals surface area contributed by atoms with Gasteiger partial charge in [-0.15, -0.1) is 0 Å². The highest BCUT2D eigenvalue weighted by molar-refractivity contribution is 5.90. The second kappa shape index (κ2) is 10.2. The van der Waals surface area contributed by atoms with E-state index in [-0.39, 0.29) is 11.4 Å². The molecule has 0 amide bonds. The van der Waals surface area contributed by atoms with Crippen LogP contribution in [0.1, 0.15) is 34.6 Å². The van der Waals surface area contributed by atoms with Crippen LogP contribution in [0.4, 0.5) is 0 Å². The molecule has 1 aliphatic heterocycles. The van der Waals surface area contributed by atoms with Gasteiger partial charge in [-0.25, -0.2) is 9.78 Å². The third kappa shape index (κ3) is 5.78. The van der Waals surface area contributed by atoms with Crippen LogP contribution in [-0.2, 0) is 17.7 Å². The molecule has 1 aliphatic rings. The molecular formula is C22H29N3O3. The zero-order valence-electron chi connectivity index (χ0n) is 16.5. The normalized spacial score (nSPS) is 15.5. The van der Waals surface area contributed by atoms with Crippen LogP contribution >= 0.6 is 0 Å². The number of pyridine rings is 1. The van der Waals surface area contributed by atoms with Gasteiger partial charge in [0, 0.05) is 38.4 Å². The van der Waals surface area contributed by atoms with Crippen LogP contribution in [0, 0.1) is 0 Å². The Morgan fingerprint density at radius 1 is 1.04 bits per heavy atom. The van der Waals surface area contributed by atoms with Gasteiger partial charge in [0.1, 0.15) is 5.75 Å². The van der Waals surface area contributed by atoms with Crippen molar-refractivity contribution in [2.75, 3.05) is 39.8 Å². The van der Waals surface area contributed by atoms with Gasteiger partial charge in [-0.2, -0.15) is 0 Å². The van der Waals surface area contributed by atoms with Crippen LogP contribution in [0.15, 0.2) is 42.5 Å². The van der Waals surface area contributed by atoms with Gasteiger partial charge in [0.05, 0.1) is 7.11 Å². The standard InChI is InChI=1S/C22H29N3O3/c1-28-22(27)21-20(26)11-10-19(23-21)9-5-6-12-24-13-15-25(16-14-24)17-18-7-3-2-4-8-18/h2-4,7-8,10-11,26H,5-6,9,12-17H2,1H3. The quantitative estimate of drug-likeness (QED) is 0.559. The minimum Gasteiger partial charge on any atom is -0.505 e. The van der Waals surface area contributed by atoms with Crippen LogP contribution in [0.3, 0.4) is 0 Å². The Morgan fingerprint density at radius 2 is 1.75 bits per heavy atom. The van der Waals surface area contributed by atoms with Crippen molar-refractivity contribution in [3.05, 3.63) is 59.4 Å². The fourth-order valence-electron chi connectivity index (χ4n) is 3.53. The maximum atomic E-state index is 11.6. The number of carbonyl (C=O) groups is 1. The molecule has 0 bridgehead atoms. The molecule has 28 heavy (non-hydrogen) atoms. The van der Waals surface area contributed by atoms with E-state index in [4.69, 9.17) is 0 Å². The van der Waals surface area contributed by atoms with Crippen molar-refractivity contribution >= 4 is 5.97 Å². The number of aromatic nitrogens is 1. The summed E-state index contributed by atoms with van der Waals surface area (Å²) < 4.78 is 4.65. The number of methoxy groups -OCH3 is 1. The van der Waals surface area contributed by atoms with E-state index in [0.717, 1.165) is 64.2 Å². The lowest BCUT2D eigenvalue weighted by Crippen LogP contribution is -2.46. The molecule has 1 fully saturated rings. The zero-order valence-corrected chi connectivity index (χ0v) is 16.5. The average Bonchev–Trinajstić information content (AvgIpc) is 2.73. The first-order chi connectivity index (χ1) is 13.7. The average molecular weight is 383 g/mol. The third-order valence-corrected chi connectivity index (χ3v) is 5.18. The molecule has 0 saturated carbocycles. The van der Waals surface area contributed by atoms with Crippen LogP contribution in [0.2, 0.25) is 0 Å². The summed E-state index contributed by atoms with van der Waals surface area (Å²) in [7, 11) is 1.29. The van der Waals surface area contributed by atoms with Crippen molar-refractivity contribution in [3.63, 3.8) is 0 Å². The van der Waals surface area contributed by atoms with Gasteiger partial charge in [-0.05, 0) is 43.5 Å². The van der Waals surface area contributed by atoms with E-state index in [0.29, 0.717) is 0 Å². The molecule has 0 spiro atoms. The van der Waals surface area contributed by atoms with E-state index in [9.17, 15) is 9.90 Å². The van der Waals surface area contributed by atoms with Crippen LogP contribution in [0.25, 0.3) is 0 Å². The number of unbranched alkanes of at least 4 members (excludes halogenated alkanes) is 1. The number of esters is 1. The maximum Gasteiger partial charge on any atom is 0.360 e. The van der Waals surface area contributed by atoms with Gasteiger partial charge in [0.2, 0.25) is 0 Å². The van der Waals surface area contributed by atoms with Gasteiger partial charge in [-0.3, -0.25) is 4.90 Å². The van der Waals surface area contributed by atoms with Crippen LogP contribution < -0.4 is 0 Å². The summed E-state index contributed by atoms with van der Waals surface area (Å²) in [5, 5.41) is 9.72. The van der Waals surface area contributed by atoms with E-state index in [2.05, 4.69) is 49.9 Å². The molecule has 150 valence electrons. The smallest absolute Gasteiger partial charge is 0.360 e. The highest BCUT2D eigenvalue weighted by Crippen LogP contribution is 2.17. The zero-order chi connectivity index (χ0) is 19.8. The SMILES string of the molecule is COC(=O)c1nc(CCCCN2CCN(Cc3ccccc3)CC2)ccc1O. The second-order valence-electron chi connectivity index (χ2n) is 7.22. The maximum absolute atomic E-state index is 11.6. The topological polar surface area (TPSA) is 65.9 Å². The van der Waals surface area contributed by atoms with Crippen molar-refractivity contribution in [1.82, 2.24) is 14.8 Å². The molecule has 1 saturated heterocycles. The summed E-state index contributed by atoms with van der Waals surface area (Å²) >= 11 is 0. The molecule has 0 radical (unpaired) electrons. The lowest BCUT2D eigenvalue weighted by molar-refractivity contribution is 0.0590. The van der Waals surface area contributed by atoms with Gasteiger partial charge in [0.15, 0.2) is 5.69 Å². The van der Waals surface area contributed by atoms with E-state index in [1.54, 1.807) is 6.07 Å². The monoisotopic (exact) mass is 383 g/mol. The largest absolute Gasteiger partial charge is 0.505 e. The van der Waals surface area contributed by atoms with Gasteiger partial charge < -0.3 is 14.7 Å². The predicted octanol–water partition coefficient (Wildman–Crippen LogP) is 2.71. The van der Waals surface area contributed by atoms with E-state index < -0.39 is 5.97 Å². The van der Waals surface area contributed by atoms with Gasteiger partial charge in [-0.1, -0.05) is 30.3 Å². The number of benzene rings is 1. The highest BCUT2D eigenvalue weighted by atomic mass is 16.5. The van der Waals surface area contributed by atoms with Crippen molar-refractivity contribution in [2.24, 2.45) is 0 Å². The van der Waals surface area contributed by atoms with Crippen molar-refractivity contribution in [1.29, 1.82) is 0 Å². The molecule has 1 N–H and O–H groups in total. The number of carbonyl (C=O) groups excluding carboxylic acids is 1. The van der Waals surface area contributed by atoms with E-state index in [1.165, 1.54) is 18.7 Å². The summed E-state index contributed by atoms with van der Waals surface area (Å²) in [6.07, 6.45) is 2.88. The Balaban J connectivity index is 1.36. The Hall–Kier alpha value is -2.44. The molecule has 2 aromatic rings. The first-order valence-corrected chi connectivity index (χ1v) is 9.91. The summed E-state index contributed by atoms with van der Waals surface area (Å²) in [5.74, 6) is -0.739. The number of hydrogen-bond donors (Lipinski definition) is 1.